The van der Waals surface area contributed by atoms with Gasteiger partial charge < -0.3 is 15.4 Å². The highest BCUT2D eigenvalue weighted by atomic mass is 16.5. The van der Waals surface area contributed by atoms with Gasteiger partial charge in [-0.2, -0.15) is 5.26 Å². The molecule has 2 rings (SSSR count). The van der Waals surface area contributed by atoms with Crippen LogP contribution in [-0.2, 0) is 22.4 Å². The second-order valence-electron chi connectivity index (χ2n) is 7.37. The molecule has 1 atom stereocenters. The van der Waals surface area contributed by atoms with Crippen molar-refractivity contribution in [3.63, 3.8) is 0 Å². The second-order valence-corrected chi connectivity index (χ2v) is 7.37. The number of hydrogen-bond acceptors (Lipinski definition) is 4. The number of unbranched alkanes of at least 4 members (excludes halogenated alkanes) is 1. The summed E-state index contributed by atoms with van der Waals surface area (Å²) in [6, 6.07) is 8.63. The van der Waals surface area contributed by atoms with Crippen LogP contribution in [0.15, 0.2) is 30.0 Å². The van der Waals surface area contributed by atoms with E-state index in [1.165, 1.54) is 42.2 Å². The van der Waals surface area contributed by atoms with Gasteiger partial charge in [0.15, 0.2) is 0 Å². The maximum atomic E-state index is 12.2. The maximum Gasteiger partial charge on any atom is 0.263 e. The Hall–Kier alpha value is -2.32. The molecule has 5 heteroatoms. The number of carbonyl (C=O) groups excluding carboxylic acids is 1. The summed E-state index contributed by atoms with van der Waals surface area (Å²) in [5.41, 5.74) is 4.16. The molecule has 0 saturated carbocycles. The number of nitrogens with one attached hydrogen (secondary N) is 2. The summed E-state index contributed by atoms with van der Waals surface area (Å²) in [5.74, 6) is -0.346. The summed E-state index contributed by atoms with van der Waals surface area (Å²) in [7, 11) is 0. The molecule has 0 spiro atoms. The van der Waals surface area contributed by atoms with E-state index in [1.54, 1.807) is 0 Å². The number of hydrogen-bond donors (Lipinski definition) is 2. The SMILES string of the molecule is CCCCOCCCNC(=O)/C(C#N)=C\NC(C)c1ccc2c(c1)CCCC2. The Bertz CT molecular complexity index is 706. The minimum atomic E-state index is -0.346. The first kappa shape index (κ1) is 22.0. The average molecular weight is 384 g/mol. The summed E-state index contributed by atoms with van der Waals surface area (Å²) in [4.78, 5) is 12.2. The predicted molar refractivity (Wildman–Crippen MR) is 112 cm³/mol. The Morgan fingerprint density at radius 2 is 2.00 bits per heavy atom. The molecule has 0 fully saturated rings. The molecule has 28 heavy (non-hydrogen) atoms. The molecule has 0 aromatic heterocycles. The standard InChI is InChI=1S/C23H33N3O2/c1-3-4-13-28-14-7-12-25-23(27)22(16-24)17-26-18(2)20-11-10-19-8-5-6-9-21(19)15-20/h10-11,15,17-18,26H,3-9,12-14H2,1-2H3,(H,25,27)/b22-17-. The molecule has 5 nitrogen and oxygen atoms in total. The Labute approximate surface area is 169 Å². The number of nitriles is 1. The fourth-order valence-electron chi connectivity index (χ4n) is 3.30. The highest BCUT2D eigenvalue weighted by molar-refractivity contribution is 5.97. The number of ether oxygens (including phenoxy) is 1. The first-order valence-corrected chi connectivity index (χ1v) is 10.5. The van der Waals surface area contributed by atoms with Crippen LogP contribution in [-0.4, -0.2) is 25.7 Å². The van der Waals surface area contributed by atoms with Crippen LogP contribution in [0.25, 0.3) is 0 Å². The lowest BCUT2D eigenvalue weighted by molar-refractivity contribution is -0.117. The van der Waals surface area contributed by atoms with Crippen molar-refractivity contribution in [3.8, 4) is 6.07 Å². The van der Waals surface area contributed by atoms with Crippen molar-refractivity contribution >= 4 is 5.91 Å². The van der Waals surface area contributed by atoms with Gasteiger partial charge in [0.05, 0.1) is 0 Å². The molecular weight excluding hydrogens is 350 g/mol. The number of amides is 1. The van der Waals surface area contributed by atoms with Crippen LogP contribution < -0.4 is 10.6 Å². The van der Waals surface area contributed by atoms with Gasteiger partial charge in [-0.05, 0) is 62.1 Å². The average Bonchev–Trinajstić information content (AvgIpc) is 2.73. The van der Waals surface area contributed by atoms with E-state index in [9.17, 15) is 10.1 Å². The van der Waals surface area contributed by atoms with E-state index < -0.39 is 0 Å². The van der Waals surface area contributed by atoms with E-state index in [0.717, 1.165) is 32.3 Å². The van der Waals surface area contributed by atoms with Crippen LogP contribution in [0.2, 0.25) is 0 Å². The molecule has 1 aliphatic carbocycles. The molecule has 0 heterocycles. The minimum absolute atomic E-state index is 0.0374. The van der Waals surface area contributed by atoms with Crippen molar-refractivity contribution in [2.75, 3.05) is 19.8 Å². The second kappa shape index (κ2) is 12.2. The normalized spacial score (nSPS) is 14.7. The molecule has 1 amide bonds. The summed E-state index contributed by atoms with van der Waals surface area (Å²) in [6.07, 6.45) is 9.27. The summed E-state index contributed by atoms with van der Waals surface area (Å²) in [6.45, 7) is 6.06. The van der Waals surface area contributed by atoms with Crippen LogP contribution in [0.3, 0.4) is 0 Å². The highest BCUT2D eigenvalue weighted by Crippen LogP contribution is 2.24. The van der Waals surface area contributed by atoms with E-state index in [0.29, 0.717) is 13.2 Å². The summed E-state index contributed by atoms with van der Waals surface area (Å²) >= 11 is 0. The first-order valence-electron chi connectivity index (χ1n) is 10.5. The maximum absolute atomic E-state index is 12.2. The number of fused-ring (bicyclic) bond motifs is 1. The molecule has 0 radical (unpaired) electrons. The van der Waals surface area contributed by atoms with Gasteiger partial charge in [0, 0.05) is 32.0 Å². The Balaban J connectivity index is 1.80. The zero-order valence-electron chi connectivity index (χ0n) is 17.2. The number of benzene rings is 1. The molecule has 0 saturated heterocycles. The lowest BCUT2D eigenvalue weighted by atomic mass is 9.89. The molecule has 2 N–H and O–H groups in total. The van der Waals surface area contributed by atoms with Crippen LogP contribution in [0.4, 0.5) is 0 Å². The zero-order valence-corrected chi connectivity index (χ0v) is 17.2. The molecule has 0 aliphatic heterocycles. The molecule has 1 unspecified atom stereocenters. The van der Waals surface area contributed by atoms with Crippen molar-refractivity contribution in [2.45, 2.75) is 64.8 Å². The number of rotatable bonds is 11. The van der Waals surface area contributed by atoms with Crippen LogP contribution in [0.1, 0.15) is 68.7 Å². The largest absolute Gasteiger partial charge is 0.383 e. The van der Waals surface area contributed by atoms with Crippen LogP contribution >= 0.6 is 0 Å². The molecule has 152 valence electrons. The predicted octanol–water partition coefficient (Wildman–Crippen LogP) is 3.95. The monoisotopic (exact) mass is 383 g/mol. The molecule has 1 aromatic carbocycles. The Morgan fingerprint density at radius 3 is 2.75 bits per heavy atom. The van der Waals surface area contributed by atoms with Gasteiger partial charge >= 0.3 is 0 Å². The lowest BCUT2D eigenvalue weighted by Crippen LogP contribution is -2.27. The molecule has 0 bridgehead atoms. The van der Waals surface area contributed by atoms with Crippen LogP contribution in [0.5, 0.6) is 0 Å². The fourth-order valence-corrected chi connectivity index (χ4v) is 3.30. The Kier molecular flexibility index (Phi) is 9.57. The van der Waals surface area contributed by atoms with Gasteiger partial charge in [0.2, 0.25) is 0 Å². The van der Waals surface area contributed by atoms with Gasteiger partial charge in [-0.25, -0.2) is 0 Å². The van der Waals surface area contributed by atoms with Gasteiger partial charge in [-0.3, -0.25) is 4.79 Å². The zero-order chi connectivity index (χ0) is 20.2. The highest BCUT2D eigenvalue weighted by Gasteiger charge is 2.13. The summed E-state index contributed by atoms with van der Waals surface area (Å²) in [5, 5.41) is 15.3. The topological polar surface area (TPSA) is 74.1 Å². The third-order valence-electron chi connectivity index (χ3n) is 5.11. The summed E-state index contributed by atoms with van der Waals surface area (Å²) < 4.78 is 5.47. The third-order valence-corrected chi connectivity index (χ3v) is 5.11. The van der Waals surface area contributed by atoms with Crippen LogP contribution in [0, 0.1) is 11.3 Å². The van der Waals surface area contributed by atoms with Crippen molar-refractivity contribution in [1.29, 1.82) is 5.26 Å². The quantitative estimate of drug-likeness (QED) is 0.345. The third kappa shape index (κ3) is 7.01. The minimum Gasteiger partial charge on any atom is -0.383 e. The molecule has 1 aliphatic rings. The number of carbonyl (C=O) groups is 1. The van der Waals surface area contributed by atoms with E-state index in [-0.39, 0.29) is 17.5 Å². The van der Waals surface area contributed by atoms with Gasteiger partial charge in [0.1, 0.15) is 11.6 Å². The van der Waals surface area contributed by atoms with E-state index in [1.807, 2.05) is 13.0 Å². The van der Waals surface area contributed by atoms with Gasteiger partial charge in [-0.1, -0.05) is 31.5 Å². The van der Waals surface area contributed by atoms with Gasteiger partial charge in [-0.15, -0.1) is 0 Å². The Morgan fingerprint density at radius 1 is 1.25 bits per heavy atom. The van der Waals surface area contributed by atoms with Crippen molar-refractivity contribution in [2.24, 2.45) is 0 Å². The van der Waals surface area contributed by atoms with Gasteiger partial charge in [0.25, 0.3) is 5.91 Å². The van der Waals surface area contributed by atoms with Crippen molar-refractivity contribution in [1.82, 2.24) is 10.6 Å². The van der Waals surface area contributed by atoms with Crippen molar-refractivity contribution in [3.05, 3.63) is 46.7 Å². The smallest absolute Gasteiger partial charge is 0.263 e. The molecule has 1 aromatic rings. The number of nitrogens with zero attached hydrogens (tertiary/aromatic N) is 1. The lowest BCUT2D eigenvalue weighted by Gasteiger charge is -2.19. The van der Waals surface area contributed by atoms with E-state index in [4.69, 9.17) is 4.74 Å². The number of aryl methyl sites for hydroxylation is 2. The first-order chi connectivity index (χ1) is 13.7. The fraction of sp³-hybridized carbons (Fsp3) is 0.565. The molecular formula is C23H33N3O2. The van der Waals surface area contributed by atoms with Crippen molar-refractivity contribution < 1.29 is 9.53 Å². The van der Waals surface area contributed by atoms with E-state index in [2.05, 4.69) is 35.8 Å². The van der Waals surface area contributed by atoms with E-state index >= 15 is 0 Å².